The Kier molecular flexibility index (Phi) is 7.52. The van der Waals surface area contributed by atoms with Crippen molar-refractivity contribution in [2.75, 3.05) is 55.9 Å². The number of carbonyl (C=O) groups excluding carboxylic acids is 2. The normalized spacial score (nSPS) is 13.8. The highest BCUT2D eigenvalue weighted by molar-refractivity contribution is 6.00. The molecule has 1 saturated heterocycles. The summed E-state index contributed by atoms with van der Waals surface area (Å²) in [6, 6.07) is 12.4. The van der Waals surface area contributed by atoms with Crippen LogP contribution in [0.3, 0.4) is 0 Å². The van der Waals surface area contributed by atoms with Crippen molar-refractivity contribution in [1.29, 1.82) is 0 Å². The predicted molar refractivity (Wildman–Crippen MR) is 129 cm³/mol. The van der Waals surface area contributed by atoms with Crippen LogP contribution in [0.2, 0.25) is 0 Å². The van der Waals surface area contributed by atoms with Crippen LogP contribution in [0.5, 0.6) is 11.5 Å². The molecule has 0 spiro atoms. The molecule has 0 radical (unpaired) electrons. The van der Waals surface area contributed by atoms with Gasteiger partial charge in [0.1, 0.15) is 17.1 Å². The number of urea groups is 1. The molecule has 2 N–H and O–H groups in total. The lowest BCUT2D eigenvalue weighted by molar-refractivity contribution is 0.0240. The van der Waals surface area contributed by atoms with Gasteiger partial charge in [-0.25, -0.2) is 9.59 Å². The van der Waals surface area contributed by atoms with E-state index in [1.54, 1.807) is 37.3 Å². The van der Waals surface area contributed by atoms with E-state index in [1.165, 1.54) is 0 Å². The van der Waals surface area contributed by atoms with E-state index in [0.717, 1.165) is 5.69 Å². The third-order valence-corrected chi connectivity index (χ3v) is 5.03. The van der Waals surface area contributed by atoms with Crippen LogP contribution in [0.15, 0.2) is 42.5 Å². The molecule has 0 saturated carbocycles. The fourth-order valence-corrected chi connectivity index (χ4v) is 3.40. The van der Waals surface area contributed by atoms with Gasteiger partial charge in [-0.1, -0.05) is 0 Å². The van der Waals surface area contributed by atoms with E-state index >= 15 is 0 Å². The maximum absolute atomic E-state index is 12.4. The first-order valence-corrected chi connectivity index (χ1v) is 10.8. The number of anilines is 3. The Balaban J connectivity index is 1.52. The monoisotopic (exact) mass is 456 g/mol. The van der Waals surface area contributed by atoms with Crippen molar-refractivity contribution in [2.45, 2.75) is 26.4 Å². The standard InChI is InChI=1S/C24H32N4O5/c1-24(2,3)33-23(30)28-12-10-27(11-13-28)19-8-6-17(7-9-19)25-22(29)26-18-14-20(31-4)16-21(15-18)32-5/h6-9,14-16H,10-13H2,1-5H3,(H2,25,26,29). The number of benzene rings is 2. The van der Waals surface area contributed by atoms with Crippen LogP contribution < -0.4 is 25.0 Å². The second kappa shape index (κ2) is 10.3. The van der Waals surface area contributed by atoms with Crippen molar-refractivity contribution in [1.82, 2.24) is 4.90 Å². The van der Waals surface area contributed by atoms with Gasteiger partial charge in [0.15, 0.2) is 0 Å². The first kappa shape index (κ1) is 24.0. The summed E-state index contributed by atoms with van der Waals surface area (Å²) in [5.74, 6) is 1.17. The lowest BCUT2D eigenvalue weighted by atomic mass is 10.2. The van der Waals surface area contributed by atoms with E-state index in [0.29, 0.717) is 49.1 Å². The van der Waals surface area contributed by atoms with Crippen LogP contribution >= 0.6 is 0 Å². The molecule has 3 amide bonds. The van der Waals surface area contributed by atoms with Gasteiger partial charge in [-0.05, 0) is 45.0 Å². The van der Waals surface area contributed by atoms with E-state index in [1.807, 2.05) is 45.0 Å². The van der Waals surface area contributed by atoms with Crippen molar-refractivity contribution >= 4 is 29.2 Å². The van der Waals surface area contributed by atoms with Gasteiger partial charge < -0.3 is 34.6 Å². The van der Waals surface area contributed by atoms with E-state index in [4.69, 9.17) is 14.2 Å². The molecule has 1 aliphatic rings. The molecule has 1 fully saturated rings. The average molecular weight is 457 g/mol. The van der Waals surface area contributed by atoms with Gasteiger partial charge in [0.2, 0.25) is 0 Å². The molecule has 9 nitrogen and oxygen atoms in total. The number of nitrogens with zero attached hydrogens (tertiary/aromatic N) is 2. The highest BCUT2D eigenvalue weighted by Gasteiger charge is 2.25. The molecule has 9 heteroatoms. The molecule has 0 aromatic heterocycles. The maximum atomic E-state index is 12.4. The van der Waals surface area contributed by atoms with Gasteiger partial charge in [0, 0.05) is 61.4 Å². The van der Waals surface area contributed by atoms with Crippen molar-refractivity contribution < 1.29 is 23.8 Å². The smallest absolute Gasteiger partial charge is 0.410 e. The van der Waals surface area contributed by atoms with Crippen LogP contribution in [0.1, 0.15) is 20.8 Å². The molecule has 1 aliphatic heterocycles. The zero-order valence-electron chi connectivity index (χ0n) is 19.8. The summed E-state index contributed by atoms with van der Waals surface area (Å²) < 4.78 is 15.9. The Hall–Kier alpha value is -3.62. The second-order valence-electron chi connectivity index (χ2n) is 8.68. The number of ether oxygens (including phenoxy) is 3. The number of rotatable bonds is 5. The van der Waals surface area contributed by atoms with E-state index in [-0.39, 0.29) is 12.1 Å². The number of amides is 3. The molecule has 0 bridgehead atoms. The molecule has 2 aromatic rings. The number of methoxy groups -OCH3 is 2. The minimum atomic E-state index is -0.498. The zero-order valence-corrected chi connectivity index (χ0v) is 19.8. The SMILES string of the molecule is COc1cc(NC(=O)Nc2ccc(N3CCN(C(=O)OC(C)(C)C)CC3)cc2)cc(OC)c1. The Morgan fingerprint density at radius 1 is 0.818 bits per heavy atom. The van der Waals surface area contributed by atoms with Crippen molar-refractivity contribution in [3.8, 4) is 11.5 Å². The Morgan fingerprint density at radius 3 is 1.88 bits per heavy atom. The zero-order chi connectivity index (χ0) is 24.0. The lowest BCUT2D eigenvalue weighted by Gasteiger charge is -2.36. The topological polar surface area (TPSA) is 92.4 Å². The fourth-order valence-electron chi connectivity index (χ4n) is 3.40. The minimum absolute atomic E-state index is 0.277. The van der Waals surface area contributed by atoms with Gasteiger partial charge in [-0.15, -0.1) is 0 Å². The number of nitrogens with one attached hydrogen (secondary N) is 2. The predicted octanol–water partition coefficient (Wildman–Crippen LogP) is 4.40. The average Bonchev–Trinajstić information content (AvgIpc) is 2.78. The Morgan fingerprint density at radius 2 is 1.36 bits per heavy atom. The van der Waals surface area contributed by atoms with Crippen LogP contribution in [-0.4, -0.2) is 63.0 Å². The van der Waals surface area contributed by atoms with Gasteiger partial charge >= 0.3 is 12.1 Å². The van der Waals surface area contributed by atoms with Crippen LogP contribution in [-0.2, 0) is 4.74 Å². The van der Waals surface area contributed by atoms with Crippen LogP contribution in [0.25, 0.3) is 0 Å². The first-order valence-electron chi connectivity index (χ1n) is 10.8. The molecule has 1 heterocycles. The molecule has 0 unspecified atom stereocenters. The molecular formula is C24H32N4O5. The fraction of sp³-hybridized carbons (Fsp3) is 0.417. The minimum Gasteiger partial charge on any atom is -0.497 e. The second-order valence-corrected chi connectivity index (χ2v) is 8.68. The number of hydrogen-bond acceptors (Lipinski definition) is 6. The summed E-state index contributed by atoms with van der Waals surface area (Å²) in [5.41, 5.74) is 1.76. The molecule has 0 atom stereocenters. The summed E-state index contributed by atoms with van der Waals surface area (Å²) in [5, 5.41) is 5.60. The molecule has 3 rings (SSSR count). The molecule has 178 valence electrons. The number of hydrogen-bond donors (Lipinski definition) is 2. The van der Waals surface area contributed by atoms with Crippen molar-refractivity contribution in [3.63, 3.8) is 0 Å². The summed E-state index contributed by atoms with van der Waals surface area (Å²) in [6.07, 6.45) is -0.277. The molecular weight excluding hydrogens is 424 g/mol. The van der Waals surface area contributed by atoms with E-state index < -0.39 is 5.60 Å². The van der Waals surface area contributed by atoms with Crippen molar-refractivity contribution in [3.05, 3.63) is 42.5 Å². The van der Waals surface area contributed by atoms with Crippen LogP contribution in [0, 0.1) is 0 Å². The molecule has 33 heavy (non-hydrogen) atoms. The summed E-state index contributed by atoms with van der Waals surface area (Å²) in [4.78, 5) is 28.6. The molecule has 2 aromatic carbocycles. The van der Waals surface area contributed by atoms with Gasteiger partial charge in [-0.3, -0.25) is 0 Å². The Labute approximate surface area is 194 Å². The van der Waals surface area contributed by atoms with Crippen molar-refractivity contribution in [2.24, 2.45) is 0 Å². The molecule has 0 aliphatic carbocycles. The third-order valence-electron chi connectivity index (χ3n) is 5.03. The first-order chi connectivity index (χ1) is 15.7. The van der Waals surface area contributed by atoms with Crippen LogP contribution in [0.4, 0.5) is 26.7 Å². The Bertz CT molecular complexity index is 942. The summed E-state index contributed by atoms with van der Waals surface area (Å²) in [6.45, 7) is 8.22. The van der Waals surface area contributed by atoms with Gasteiger partial charge in [0.25, 0.3) is 0 Å². The van der Waals surface area contributed by atoms with E-state index in [9.17, 15) is 9.59 Å². The van der Waals surface area contributed by atoms with E-state index in [2.05, 4.69) is 15.5 Å². The highest BCUT2D eigenvalue weighted by atomic mass is 16.6. The highest BCUT2D eigenvalue weighted by Crippen LogP contribution is 2.26. The number of piperazine rings is 1. The lowest BCUT2D eigenvalue weighted by Crippen LogP contribution is -2.50. The van der Waals surface area contributed by atoms with Gasteiger partial charge in [-0.2, -0.15) is 0 Å². The van der Waals surface area contributed by atoms with Gasteiger partial charge in [0.05, 0.1) is 14.2 Å². The quantitative estimate of drug-likeness (QED) is 0.693. The summed E-state index contributed by atoms with van der Waals surface area (Å²) in [7, 11) is 3.11. The third kappa shape index (κ3) is 6.93. The maximum Gasteiger partial charge on any atom is 0.410 e. The largest absolute Gasteiger partial charge is 0.497 e. The number of carbonyl (C=O) groups is 2. The summed E-state index contributed by atoms with van der Waals surface area (Å²) >= 11 is 0.